The highest BCUT2D eigenvalue weighted by Gasteiger charge is 2.14. The quantitative estimate of drug-likeness (QED) is 0.781. The Hall–Kier alpha value is -2.88. The highest BCUT2D eigenvalue weighted by atomic mass is 16.1. The molecule has 3 rings (SSSR count). The van der Waals surface area contributed by atoms with Crippen molar-refractivity contribution < 1.29 is 4.79 Å². The van der Waals surface area contributed by atoms with Crippen LogP contribution < -0.4 is 5.32 Å². The predicted octanol–water partition coefficient (Wildman–Crippen LogP) is 4.10. The molecule has 2 aromatic carbocycles. The molecule has 0 aliphatic heterocycles. The van der Waals surface area contributed by atoms with E-state index in [9.17, 15) is 4.79 Å². The molecule has 3 aromatic rings. The van der Waals surface area contributed by atoms with Gasteiger partial charge in [-0.1, -0.05) is 51.1 Å². The van der Waals surface area contributed by atoms with Crippen LogP contribution in [0.4, 0.5) is 0 Å². The maximum atomic E-state index is 12.4. The van der Waals surface area contributed by atoms with Gasteiger partial charge >= 0.3 is 0 Å². The number of nitrogens with zero attached hydrogens (tertiary/aromatic N) is 2. The molecule has 0 radical (unpaired) electrons. The van der Waals surface area contributed by atoms with E-state index in [0.29, 0.717) is 12.1 Å². The van der Waals surface area contributed by atoms with Crippen LogP contribution in [0.5, 0.6) is 0 Å². The van der Waals surface area contributed by atoms with Gasteiger partial charge < -0.3 is 9.88 Å². The molecule has 128 valence electrons. The summed E-state index contributed by atoms with van der Waals surface area (Å²) < 4.78 is 1.94. The molecule has 1 heterocycles. The Morgan fingerprint density at radius 2 is 1.80 bits per heavy atom. The van der Waals surface area contributed by atoms with E-state index < -0.39 is 0 Å². The van der Waals surface area contributed by atoms with Gasteiger partial charge in [0.05, 0.1) is 12.0 Å². The number of amides is 1. The molecule has 0 aliphatic carbocycles. The summed E-state index contributed by atoms with van der Waals surface area (Å²) in [7, 11) is 0. The fraction of sp³-hybridized carbons (Fsp3) is 0.238. The van der Waals surface area contributed by atoms with E-state index >= 15 is 0 Å². The van der Waals surface area contributed by atoms with Crippen molar-refractivity contribution in [3.63, 3.8) is 0 Å². The molecular formula is C21H23N3O. The number of aromatic nitrogens is 2. The van der Waals surface area contributed by atoms with Crippen LogP contribution in [0.3, 0.4) is 0 Å². The predicted molar refractivity (Wildman–Crippen MR) is 99.9 cm³/mol. The monoisotopic (exact) mass is 333 g/mol. The first-order valence-electron chi connectivity index (χ1n) is 8.40. The van der Waals surface area contributed by atoms with Gasteiger partial charge in [0.15, 0.2) is 0 Å². The van der Waals surface area contributed by atoms with Crippen LogP contribution in [0, 0.1) is 0 Å². The Balaban J connectivity index is 1.71. The first-order valence-corrected chi connectivity index (χ1v) is 8.40. The van der Waals surface area contributed by atoms with E-state index in [2.05, 4.69) is 31.1 Å². The topological polar surface area (TPSA) is 46.9 Å². The third-order valence-corrected chi connectivity index (χ3v) is 4.23. The van der Waals surface area contributed by atoms with Gasteiger partial charge in [0.25, 0.3) is 5.91 Å². The van der Waals surface area contributed by atoms with Crippen molar-refractivity contribution in [1.29, 1.82) is 0 Å². The van der Waals surface area contributed by atoms with Crippen molar-refractivity contribution in [2.75, 3.05) is 0 Å². The molecule has 0 spiro atoms. The van der Waals surface area contributed by atoms with Crippen LogP contribution in [-0.2, 0) is 12.0 Å². The first-order chi connectivity index (χ1) is 11.9. The van der Waals surface area contributed by atoms with Crippen LogP contribution in [0.2, 0.25) is 0 Å². The number of carbonyl (C=O) groups is 1. The van der Waals surface area contributed by atoms with Crippen molar-refractivity contribution in [3.8, 4) is 5.69 Å². The highest BCUT2D eigenvalue weighted by Crippen LogP contribution is 2.22. The van der Waals surface area contributed by atoms with Crippen molar-refractivity contribution >= 4 is 5.91 Å². The van der Waals surface area contributed by atoms with Crippen molar-refractivity contribution in [2.24, 2.45) is 0 Å². The summed E-state index contributed by atoms with van der Waals surface area (Å²) >= 11 is 0. The van der Waals surface area contributed by atoms with Crippen LogP contribution in [0.15, 0.2) is 67.3 Å². The third kappa shape index (κ3) is 3.97. The number of hydrogen-bond donors (Lipinski definition) is 1. The van der Waals surface area contributed by atoms with Gasteiger partial charge in [0.1, 0.15) is 0 Å². The summed E-state index contributed by atoms with van der Waals surface area (Å²) in [5, 5.41) is 3.00. The molecule has 0 bridgehead atoms. The molecule has 0 fully saturated rings. The lowest BCUT2D eigenvalue weighted by molar-refractivity contribution is 0.0951. The normalized spacial score (nSPS) is 11.3. The van der Waals surface area contributed by atoms with Crippen LogP contribution >= 0.6 is 0 Å². The second-order valence-electron chi connectivity index (χ2n) is 7.11. The molecule has 25 heavy (non-hydrogen) atoms. The Bertz CT molecular complexity index is 844. The molecule has 0 saturated carbocycles. The lowest BCUT2D eigenvalue weighted by Gasteiger charge is -2.19. The van der Waals surface area contributed by atoms with Gasteiger partial charge in [0, 0.05) is 24.5 Å². The van der Waals surface area contributed by atoms with Gasteiger partial charge in [0.2, 0.25) is 0 Å². The molecule has 4 nitrogen and oxygen atoms in total. The lowest BCUT2D eigenvalue weighted by atomic mass is 9.87. The average Bonchev–Trinajstić information content (AvgIpc) is 3.14. The number of imidazole rings is 1. The van der Waals surface area contributed by atoms with E-state index in [1.54, 1.807) is 12.5 Å². The van der Waals surface area contributed by atoms with Gasteiger partial charge in [-0.15, -0.1) is 0 Å². The fourth-order valence-electron chi connectivity index (χ4n) is 2.71. The lowest BCUT2D eigenvalue weighted by Crippen LogP contribution is -2.23. The van der Waals surface area contributed by atoms with Crippen molar-refractivity contribution in [1.82, 2.24) is 14.9 Å². The van der Waals surface area contributed by atoms with E-state index in [-0.39, 0.29) is 11.3 Å². The first kappa shape index (κ1) is 17.0. The fourth-order valence-corrected chi connectivity index (χ4v) is 2.71. The van der Waals surface area contributed by atoms with E-state index in [1.807, 2.05) is 59.3 Å². The third-order valence-electron chi connectivity index (χ3n) is 4.23. The summed E-state index contributed by atoms with van der Waals surface area (Å²) in [6, 6.07) is 15.8. The van der Waals surface area contributed by atoms with Crippen LogP contribution in [-0.4, -0.2) is 15.5 Å². The van der Waals surface area contributed by atoms with Gasteiger partial charge in [-0.25, -0.2) is 4.98 Å². The zero-order chi connectivity index (χ0) is 17.9. The minimum atomic E-state index is -0.0686. The summed E-state index contributed by atoms with van der Waals surface area (Å²) in [6.07, 6.45) is 5.39. The summed E-state index contributed by atoms with van der Waals surface area (Å²) in [5.74, 6) is -0.0686. The van der Waals surface area contributed by atoms with Gasteiger partial charge in [-0.2, -0.15) is 0 Å². The number of carbonyl (C=O) groups excluding carboxylic acids is 1. The summed E-state index contributed by atoms with van der Waals surface area (Å²) in [5.41, 5.74) is 4.03. The largest absolute Gasteiger partial charge is 0.348 e. The summed E-state index contributed by atoms with van der Waals surface area (Å²) in [6.45, 7) is 6.95. The average molecular weight is 333 g/mol. The molecule has 0 unspecified atom stereocenters. The van der Waals surface area contributed by atoms with Crippen molar-refractivity contribution in [3.05, 3.63) is 83.9 Å². The minimum absolute atomic E-state index is 0.0686. The number of benzene rings is 2. The Morgan fingerprint density at radius 3 is 2.44 bits per heavy atom. The zero-order valence-electron chi connectivity index (χ0n) is 14.9. The molecule has 0 saturated heterocycles. The van der Waals surface area contributed by atoms with Gasteiger partial charge in [-0.3, -0.25) is 4.79 Å². The van der Waals surface area contributed by atoms with Crippen LogP contribution in [0.25, 0.3) is 5.69 Å². The van der Waals surface area contributed by atoms with Crippen molar-refractivity contribution in [2.45, 2.75) is 32.7 Å². The van der Waals surface area contributed by atoms with E-state index in [4.69, 9.17) is 0 Å². The molecule has 1 amide bonds. The SMILES string of the molecule is CC(C)(C)c1ccc(C(=O)NCc2ccccc2-n2ccnc2)cc1. The molecule has 0 atom stereocenters. The number of nitrogens with one attached hydrogen (secondary N) is 1. The molecule has 1 aromatic heterocycles. The molecular weight excluding hydrogens is 310 g/mol. The number of hydrogen-bond acceptors (Lipinski definition) is 2. The summed E-state index contributed by atoms with van der Waals surface area (Å²) in [4.78, 5) is 16.5. The maximum absolute atomic E-state index is 12.4. The molecule has 4 heteroatoms. The Labute approximate surface area is 148 Å². The molecule has 1 N–H and O–H groups in total. The second-order valence-corrected chi connectivity index (χ2v) is 7.11. The van der Waals surface area contributed by atoms with Gasteiger partial charge in [-0.05, 0) is 34.7 Å². The molecule has 0 aliphatic rings. The zero-order valence-corrected chi connectivity index (χ0v) is 14.9. The smallest absolute Gasteiger partial charge is 0.251 e. The van der Waals surface area contributed by atoms with Crippen LogP contribution in [0.1, 0.15) is 42.3 Å². The maximum Gasteiger partial charge on any atom is 0.251 e. The number of para-hydroxylation sites is 1. The van der Waals surface area contributed by atoms with E-state index in [1.165, 1.54) is 5.56 Å². The van der Waals surface area contributed by atoms with E-state index in [0.717, 1.165) is 11.3 Å². The highest BCUT2D eigenvalue weighted by molar-refractivity contribution is 5.94. The number of rotatable bonds is 4. The Morgan fingerprint density at radius 1 is 1.08 bits per heavy atom. The standard InChI is InChI=1S/C21H23N3O/c1-21(2,3)18-10-8-16(9-11-18)20(25)23-14-17-6-4-5-7-19(17)24-13-12-22-15-24/h4-13,15H,14H2,1-3H3,(H,23,25). The second kappa shape index (κ2) is 6.93. The Kier molecular flexibility index (Phi) is 4.70. The minimum Gasteiger partial charge on any atom is -0.348 e.